The van der Waals surface area contributed by atoms with E-state index >= 15 is 0 Å². The molecule has 2 atom stereocenters. The Bertz CT molecular complexity index is 422. The van der Waals surface area contributed by atoms with Crippen molar-refractivity contribution in [3.05, 3.63) is 17.5 Å². The summed E-state index contributed by atoms with van der Waals surface area (Å²) in [6.45, 7) is 16.7. The number of hydrogen-bond acceptors (Lipinski definition) is 3. The number of likely N-dealkylation sites (N-methyl/N-ethyl adjacent to an activating group) is 2. The monoisotopic (exact) mass is 294 g/mol. The maximum Gasteiger partial charge on any atom is 0.0596 e. The minimum absolute atomic E-state index is 0.164. The second-order valence-electron chi connectivity index (χ2n) is 6.10. The van der Waals surface area contributed by atoms with Crippen molar-refractivity contribution in [3.8, 4) is 0 Å². The van der Waals surface area contributed by atoms with E-state index in [1.807, 2.05) is 11.7 Å². The van der Waals surface area contributed by atoms with Gasteiger partial charge in [0.15, 0.2) is 0 Å². The molecule has 0 saturated carbocycles. The van der Waals surface area contributed by atoms with Crippen LogP contribution in [0, 0.1) is 6.92 Å². The molecule has 0 amide bonds. The van der Waals surface area contributed by atoms with Gasteiger partial charge in [0.1, 0.15) is 0 Å². The zero-order valence-electron chi connectivity index (χ0n) is 15.0. The molecule has 4 nitrogen and oxygen atoms in total. The van der Waals surface area contributed by atoms with Crippen LogP contribution in [0.2, 0.25) is 0 Å². The quantitative estimate of drug-likeness (QED) is 0.760. The van der Waals surface area contributed by atoms with Gasteiger partial charge in [-0.25, -0.2) is 0 Å². The highest BCUT2D eigenvalue weighted by atomic mass is 15.3. The first-order valence-electron chi connectivity index (χ1n) is 8.40. The molecule has 1 aromatic heterocycles. The average Bonchev–Trinajstić information content (AvgIpc) is 2.77. The van der Waals surface area contributed by atoms with E-state index in [9.17, 15) is 0 Å². The lowest BCUT2D eigenvalue weighted by molar-refractivity contribution is 0.0700. The van der Waals surface area contributed by atoms with Gasteiger partial charge in [-0.15, -0.1) is 0 Å². The molecular formula is C17H34N4. The van der Waals surface area contributed by atoms with Crippen molar-refractivity contribution in [1.82, 2.24) is 20.0 Å². The lowest BCUT2D eigenvalue weighted by atomic mass is 9.84. The smallest absolute Gasteiger partial charge is 0.0596 e. The van der Waals surface area contributed by atoms with E-state index in [-0.39, 0.29) is 5.54 Å². The van der Waals surface area contributed by atoms with Crippen LogP contribution in [0.1, 0.15) is 52.4 Å². The standard InChI is InChI=1S/C17H34N4/c1-8-17(6,21(10-3)11-4)16(18-9-2)13-15-12-14(5)19-20(15)7/h12,16,18H,8-11,13H2,1-7H3. The molecule has 1 aromatic rings. The van der Waals surface area contributed by atoms with Crippen LogP contribution in [0.5, 0.6) is 0 Å². The Morgan fingerprint density at radius 3 is 2.29 bits per heavy atom. The first-order valence-corrected chi connectivity index (χ1v) is 8.40. The first-order chi connectivity index (χ1) is 9.92. The van der Waals surface area contributed by atoms with E-state index in [0.29, 0.717) is 6.04 Å². The molecule has 0 aromatic carbocycles. The number of nitrogens with one attached hydrogen (secondary N) is 1. The van der Waals surface area contributed by atoms with Gasteiger partial charge in [-0.3, -0.25) is 9.58 Å². The van der Waals surface area contributed by atoms with Crippen molar-refractivity contribution in [2.75, 3.05) is 19.6 Å². The van der Waals surface area contributed by atoms with Gasteiger partial charge < -0.3 is 5.32 Å². The summed E-state index contributed by atoms with van der Waals surface area (Å²) in [4.78, 5) is 2.59. The molecule has 2 unspecified atom stereocenters. The number of aryl methyl sites for hydroxylation is 2. The van der Waals surface area contributed by atoms with Gasteiger partial charge in [-0.2, -0.15) is 5.10 Å². The molecule has 0 radical (unpaired) electrons. The molecule has 0 aliphatic heterocycles. The fraction of sp³-hybridized carbons (Fsp3) is 0.824. The molecule has 0 saturated heterocycles. The minimum atomic E-state index is 0.164. The molecule has 1 heterocycles. The van der Waals surface area contributed by atoms with Gasteiger partial charge in [-0.1, -0.05) is 27.7 Å². The third kappa shape index (κ3) is 4.07. The van der Waals surface area contributed by atoms with Crippen molar-refractivity contribution in [3.63, 3.8) is 0 Å². The number of aromatic nitrogens is 2. The maximum absolute atomic E-state index is 4.49. The molecular weight excluding hydrogens is 260 g/mol. The highest BCUT2D eigenvalue weighted by molar-refractivity contribution is 5.12. The topological polar surface area (TPSA) is 33.1 Å². The second kappa shape index (κ2) is 7.95. The number of hydrogen-bond donors (Lipinski definition) is 1. The van der Waals surface area contributed by atoms with Crippen LogP contribution in [0.15, 0.2) is 6.07 Å². The third-order valence-electron chi connectivity index (χ3n) is 4.92. The Morgan fingerprint density at radius 1 is 1.29 bits per heavy atom. The van der Waals surface area contributed by atoms with Gasteiger partial charge in [0.05, 0.1) is 5.69 Å². The molecule has 4 heteroatoms. The van der Waals surface area contributed by atoms with Crippen molar-refractivity contribution in [2.45, 2.75) is 66.0 Å². The summed E-state index contributed by atoms with van der Waals surface area (Å²) in [5.41, 5.74) is 2.58. The minimum Gasteiger partial charge on any atom is -0.312 e. The fourth-order valence-electron chi connectivity index (χ4n) is 3.46. The molecule has 0 spiro atoms. The molecule has 1 rings (SSSR count). The van der Waals surface area contributed by atoms with Crippen molar-refractivity contribution in [2.24, 2.45) is 7.05 Å². The molecule has 0 bridgehead atoms. The summed E-state index contributed by atoms with van der Waals surface area (Å²) in [7, 11) is 2.05. The van der Waals surface area contributed by atoms with Crippen LogP contribution in [0.4, 0.5) is 0 Å². The largest absolute Gasteiger partial charge is 0.312 e. The van der Waals surface area contributed by atoms with Gasteiger partial charge >= 0.3 is 0 Å². The third-order valence-corrected chi connectivity index (χ3v) is 4.92. The van der Waals surface area contributed by atoms with Crippen molar-refractivity contribution in [1.29, 1.82) is 0 Å². The van der Waals surface area contributed by atoms with E-state index in [0.717, 1.165) is 38.2 Å². The first kappa shape index (κ1) is 18.2. The Kier molecular flexibility index (Phi) is 6.88. The number of rotatable bonds is 9. The highest BCUT2D eigenvalue weighted by Gasteiger charge is 2.36. The van der Waals surface area contributed by atoms with E-state index in [2.05, 4.69) is 62.9 Å². The van der Waals surface area contributed by atoms with Gasteiger partial charge in [0.25, 0.3) is 0 Å². The molecule has 21 heavy (non-hydrogen) atoms. The predicted molar refractivity (Wildman–Crippen MR) is 90.7 cm³/mol. The Hall–Kier alpha value is -0.870. The zero-order chi connectivity index (χ0) is 16.0. The van der Waals surface area contributed by atoms with Gasteiger partial charge in [-0.05, 0) is 46.0 Å². The molecule has 0 fully saturated rings. The molecule has 0 aliphatic rings. The van der Waals surface area contributed by atoms with E-state index < -0.39 is 0 Å². The summed E-state index contributed by atoms with van der Waals surface area (Å²) in [6.07, 6.45) is 2.16. The maximum atomic E-state index is 4.49. The summed E-state index contributed by atoms with van der Waals surface area (Å²) >= 11 is 0. The Balaban J connectivity index is 3.05. The zero-order valence-corrected chi connectivity index (χ0v) is 15.0. The number of nitrogens with zero attached hydrogens (tertiary/aromatic N) is 3. The second-order valence-corrected chi connectivity index (χ2v) is 6.10. The van der Waals surface area contributed by atoms with Gasteiger partial charge in [0.2, 0.25) is 0 Å². The summed E-state index contributed by atoms with van der Waals surface area (Å²) in [5, 5.41) is 8.22. The lowest BCUT2D eigenvalue weighted by Gasteiger charge is -2.46. The molecule has 122 valence electrons. The predicted octanol–water partition coefficient (Wildman–Crippen LogP) is 2.76. The van der Waals surface area contributed by atoms with Crippen LogP contribution in [-0.2, 0) is 13.5 Å². The SMILES string of the molecule is CCNC(Cc1cc(C)nn1C)C(C)(CC)N(CC)CC. The van der Waals surface area contributed by atoms with Crippen LogP contribution < -0.4 is 5.32 Å². The average molecular weight is 294 g/mol. The lowest BCUT2D eigenvalue weighted by Crippen LogP contribution is -2.60. The van der Waals surface area contributed by atoms with Crippen LogP contribution in [0.25, 0.3) is 0 Å². The van der Waals surface area contributed by atoms with Crippen LogP contribution >= 0.6 is 0 Å². The summed E-state index contributed by atoms with van der Waals surface area (Å²) in [5.74, 6) is 0. The molecule has 0 aliphatic carbocycles. The van der Waals surface area contributed by atoms with Crippen LogP contribution in [0.3, 0.4) is 0 Å². The normalized spacial score (nSPS) is 16.2. The molecule has 1 N–H and O–H groups in total. The van der Waals surface area contributed by atoms with Crippen molar-refractivity contribution >= 4 is 0 Å². The Morgan fingerprint density at radius 2 is 1.90 bits per heavy atom. The highest BCUT2D eigenvalue weighted by Crippen LogP contribution is 2.26. The Labute approximate surface area is 130 Å². The fourth-order valence-corrected chi connectivity index (χ4v) is 3.46. The van der Waals surface area contributed by atoms with E-state index in [1.54, 1.807) is 0 Å². The van der Waals surface area contributed by atoms with E-state index in [4.69, 9.17) is 0 Å². The van der Waals surface area contributed by atoms with E-state index in [1.165, 1.54) is 5.69 Å². The van der Waals surface area contributed by atoms with Crippen LogP contribution in [-0.4, -0.2) is 45.9 Å². The van der Waals surface area contributed by atoms with Gasteiger partial charge in [0, 0.05) is 30.7 Å². The summed E-state index contributed by atoms with van der Waals surface area (Å²) < 4.78 is 2.03. The summed E-state index contributed by atoms with van der Waals surface area (Å²) in [6, 6.07) is 2.64. The van der Waals surface area contributed by atoms with Crippen molar-refractivity contribution < 1.29 is 0 Å².